The molecule has 0 aliphatic carbocycles. The molecular formula is C12H22O6. The summed E-state index contributed by atoms with van der Waals surface area (Å²) in [5.74, 6) is -2.67. The number of rotatable bonds is 10. The highest BCUT2D eigenvalue weighted by Gasteiger charge is 2.29. The van der Waals surface area contributed by atoms with E-state index in [9.17, 15) is 9.59 Å². The minimum atomic E-state index is -1.35. The maximum atomic E-state index is 11.5. The lowest BCUT2D eigenvalue weighted by Crippen LogP contribution is -2.38. The highest BCUT2D eigenvalue weighted by atomic mass is 16.9. The molecule has 0 saturated carbocycles. The van der Waals surface area contributed by atoms with Crippen molar-refractivity contribution in [1.29, 1.82) is 0 Å². The topological polar surface area (TPSA) is 82.1 Å². The largest absolute Gasteiger partial charge is 0.481 e. The Morgan fingerprint density at radius 1 is 1.06 bits per heavy atom. The second-order valence-corrected chi connectivity index (χ2v) is 3.80. The Morgan fingerprint density at radius 3 is 2.00 bits per heavy atom. The normalized spacial score (nSPS) is 11.3. The fraction of sp³-hybridized carbons (Fsp3) is 0.833. The molecule has 6 nitrogen and oxygen atoms in total. The van der Waals surface area contributed by atoms with Gasteiger partial charge in [0.2, 0.25) is 0 Å². The molecule has 0 aliphatic heterocycles. The van der Waals surface area contributed by atoms with Crippen molar-refractivity contribution in [2.24, 2.45) is 0 Å². The summed E-state index contributed by atoms with van der Waals surface area (Å²) in [7, 11) is 0. The minimum Gasteiger partial charge on any atom is -0.481 e. The summed E-state index contributed by atoms with van der Waals surface area (Å²) < 4.78 is 15.5. The van der Waals surface area contributed by atoms with Crippen LogP contribution in [0.15, 0.2) is 0 Å². The van der Waals surface area contributed by atoms with Crippen LogP contribution in [-0.4, -0.2) is 36.2 Å². The molecule has 18 heavy (non-hydrogen) atoms. The first-order valence-corrected chi connectivity index (χ1v) is 6.15. The third kappa shape index (κ3) is 8.03. The Kier molecular flexibility index (Phi) is 8.32. The van der Waals surface area contributed by atoms with Crippen LogP contribution in [0.2, 0.25) is 0 Å². The molecule has 106 valence electrons. The van der Waals surface area contributed by atoms with Crippen LogP contribution in [0.5, 0.6) is 0 Å². The van der Waals surface area contributed by atoms with E-state index in [1.54, 1.807) is 13.8 Å². The molecule has 0 aliphatic rings. The number of carbonyl (C=O) groups is 2. The van der Waals surface area contributed by atoms with Gasteiger partial charge in [-0.1, -0.05) is 0 Å². The third-order valence-electron chi connectivity index (χ3n) is 2.13. The van der Waals surface area contributed by atoms with Gasteiger partial charge in [-0.3, -0.25) is 9.59 Å². The SMILES string of the molecule is CCOC(C)(OCC)OC(=O)CCCCC(=O)O. The van der Waals surface area contributed by atoms with Gasteiger partial charge in [0.15, 0.2) is 0 Å². The van der Waals surface area contributed by atoms with Crippen molar-refractivity contribution in [2.45, 2.75) is 52.4 Å². The lowest BCUT2D eigenvalue weighted by atomic mass is 10.2. The summed E-state index contributed by atoms with van der Waals surface area (Å²) in [5, 5.41) is 8.45. The molecule has 6 heteroatoms. The molecule has 1 N–H and O–H groups in total. The van der Waals surface area contributed by atoms with Gasteiger partial charge in [-0.25, -0.2) is 0 Å². The van der Waals surface area contributed by atoms with E-state index in [-0.39, 0.29) is 12.8 Å². The van der Waals surface area contributed by atoms with E-state index < -0.39 is 17.9 Å². The Balaban J connectivity index is 3.98. The summed E-state index contributed by atoms with van der Waals surface area (Å²) in [6, 6.07) is 0. The van der Waals surface area contributed by atoms with E-state index in [0.717, 1.165) is 0 Å². The second-order valence-electron chi connectivity index (χ2n) is 3.80. The van der Waals surface area contributed by atoms with Crippen LogP contribution < -0.4 is 0 Å². The highest BCUT2D eigenvalue weighted by Crippen LogP contribution is 2.16. The molecule has 0 rings (SSSR count). The van der Waals surface area contributed by atoms with Crippen LogP contribution in [0.1, 0.15) is 46.5 Å². The van der Waals surface area contributed by atoms with E-state index in [4.69, 9.17) is 19.3 Å². The zero-order valence-electron chi connectivity index (χ0n) is 11.2. The quantitative estimate of drug-likeness (QED) is 0.368. The predicted molar refractivity (Wildman–Crippen MR) is 63.9 cm³/mol. The number of esters is 1. The first kappa shape index (κ1) is 16.9. The number of hydrogen-bond donors (Lipinski definition) is 1. The van der Waals surface area contributed by atoms with Gasteiger partial charge in [-0.05, 0) is 26.7 Å². The molecule has 0 aromatic rings. The maximum Gasteiger partial charge on any atom is 0.326 e. The number of carboxylic acids is 1. The first-order chi connectivity index (χ1) is 8.43. The molecule has 0 atom stereocenters. The Morgan fingerprint density at radius 2 is 1.56 bits per heavy atom. The van der Waals surface area contributed by atoms with E-state index in [0.29, 0.717) is 26.1 Å². The Hall–Kier alpha value is -1.14. The Bertz CT molecular complexity index is 257. The van der Waals surface area contributed by atoms with Crippen molar-refractivity contribution in [3.8, 4) is 0 Å². The van der Waals surface area contributed by atoms with Crippen LogP contribution in [-0.2, 0) is 23.8 Å². The van der Waals surface area contributed by atoms with Gasteiger partial charge in [-0.15, -0.1) is 0 Å². The number of aliphatic carboxylic acids is 1. The van der Waals surface area contributed by atoms with Crippen LogP contribution in [0, 0.1) is 0 Å². The van der Waals surface area contributed by atoms with Gasteiger partial charge in [0.25, 0.3) is 0 Å². The van der Waals surface area contributed by atoms with Gasteiger partial charge in [0.1, 0.15) is 0 Å². The molecule has 0 radical (unpaired) electrons. The van der Waals surface area contributed by atoms with Crippen molar-refractivity contribution in [2.75, 3.05) is 13.2 Å². The standard InChI is InChI=1S/C12H22O6/c1-4-16-12(3,17-5-2)18-11(15)9-7-6-8-10(13)14/h4-9H2,1-3H3,(H,13,14). The van der Waals surface area contributed by atoms with Crippen LogP contribution in [0.4, 0.5) is 0 Å². The van der Waals surface area contributed by atoms with Gasteiger partial charge >= 0.3 is 17.9 Å². The number of carboxylic acid groups (broad SMARTS) is 1. The van der Waals surface area contributed by atoms with Crippen LogP contribution >= 0.6 is 0 Å². The lowest BCUT2D eigenvalue weighted by Gasteiger charge is -2.28. The average Bonchev–Trinajstić information content (AvgIpc) is 2.24. The minimum absolute atomic E-state index is 0.0570. The van der Waals surface area contributed by atoms with Crippen LogP contribution in [0.25, 0.3) is 0 Å². The third-order valence-corrected chi connectivity index (χ3v) is 2.13. The number of unbranched alkanes of at least 4 members (excludes halogenated alkanes) is 1. The van der Waals surface area contributed by atoms with Crippen molar-refractivity contribution in [3.63, 3.8) is 0 Å². The number of hydrogen-bond acceptors (Lipinski definition) is 5. The summed E-state index contributed by atoms with van der Waals surface area (Å²) in [4.78, 5) is 21.8. The molecular weight excluding hydrogens is 240 g/mol. The molecule has 0 spiro atoms. The molecule has 0 saturated heterocycles. The van der Waals surface area contributed by atoms with Crippen molar-refractivity contribution < 1.29 is 28.9 Å². The summed E-state index contributed by atoms with van der Waals surface area (Å²) in [5.41, 5.74) is 0. The second kappa shape index (κ2) is 8.88. The lowest BCUT2D eigenvalue weighted by molar-refractivity contribution is -0.349. The summed E-state index contributed by atoms with van der Waals surface area (Å²) >= 11 is 0. The van der Waals surface area contributed by atoms with E-state index in [1.807, 2.05) is 0 Å². The van der Waals surface area contributed by atoms with Gasteiger partial charge in [0, 0.05) is 19.8 Å². The molecule has 0 fully saturated rings. The van der Waals surface area contributed by atoms with E-state index in [2.05, 4.69) is 0 Å². The van der Waals surface area contributed by atoms with Crippen LogP contribution in [0.3, 0.4) is 0 Å². The molecule has 0 heterocycles. The highest BCUT2D eigenvalue weighted by molar-refractivity contribution is 5.70. The van der Waals surface area contributed by atoms with Gasteiger partial charge in [-0.2, -0.15) is 0 Å². The molecule has 0 bridgehead atoms. The van der Waals surface area contributed by atoms with Gasteiger partial charge < -0.3 is 19.3 Å². The van der Waals surface area contributed by atoms with Gasteiger partial charge in [0.05, 0.1) is 13.2 Å². The van der Waals surface area contributed by atoms with E-state index >= 15 is 0 Å². The zero-order valence-corrected chi connectivity index (χ0v) is 11.2. The zero-order chi connectivity index (χ0) is 14.0. The summed E-state index contributed by atoms with van der Waals surface area (Å²) in [6.07, 6.45) is 1.13. The monoisotopic (exact) mass is 262 g/mol. The molecule has 0 amide bonds. The maximum absolute atomic E-state index is 11.5. The fourth-order valence-corrected chi connectivity index (χ4v) is 1.43. The summed E-state index contributed by atoms with van der Waals surface area (Å²) in [6.45, 7) is 5.82. The smallest absolute Gasteiger partial charge is 0.326 e. The predicted octanol–water partition coefficient (Wildman–Crippen LogP) is 1.92. The molecule has 0 aromatic heterocycles. The molecule has 0 unspecified atom stereocenters. The van der Waals surface area contributed by atoms with E-state index in [1.165, 1.54) is 6.92 Å². The number of carbonyl (C=O) groups excluding carboxylic acids is 1. The Labute approximate surface area is 107 Å². The van der Waals surface area contributed by atoms with Crippen molar-refractivity contribution in [3.05, 3.63) is 0 Å². The average molecular weight is 262 g/mol. The molecule has 0 aromatic carbocycles. The fourth-order valence-electron chi connectivity index (χ4n) is 1.43. The first-order valence-electron chi connectivity index (χ1n) is 6.15. The van der Waals surface area contributed by atoms with Crippen molar-refractivity contribution in [1.82, 2.24) is 0 Å². The number of ether oxygens (including phenoxy) is 3. The van der Waals surface area contributed by atoms with Crippen molar-refractivity contribution >= 4 is 11.9 Å².